The number of anilines is 2. The summed E-state index contributed by atoms with van der Waals surface area (Å²) in [5.41, 5.74) is 4.90. The summed E-state index contributed by atoms with van der Waals surface area (Å²) in [7, 11) is 0. The van der Waals surface area contributed by atoms with Crippen LogP contribution in [0.4, 0.5) is 11.4 Å². The van der Waals surface area contributed by atoms with Crippen LogP contribution in [0.25, 0.3) is 26.3 Å². The first-order valence-corrected chi connectivity index (χ1v) is 13.0. The fourth-order valence-electron chi connectivity index (χ4n) is 4.46. The summed E-state index contributed by atoms with van der Waals surface area (Å²) in [6.07, 6.45) is 2.51. The first-order valence-electron chi connectivity index (χ1n) is 11.4. The van der Waals surface area contributed by atoms with Crippen molar-refractivity contribution in [2.75, 3.05) is 11.4 Å². The second-order valence-electron chi connectivity index (χ2n) is 9.19. The van der Waals surface area contributed by atoms with Gasteiger partial charge in [-0.1, -0.05) is 38.1 Å². The van der Waals surface area contributed by atoms with Crippen molar-refractivity contribution in [1.82, 2.24) is 0 Å². The highest BCUT2D eigenvalue weighted by molar-refractivity contribution is 7.24. The smallest absolute Gasteiger partial charge is 0.346 e. The molecule has 1 N–H and O–H groups in total. The molecule has 35 heavy (non-hydrogen) atoms. The zero-order chi connectivity index (χ0) is 24.6. The Hall–Kier alpha value is -3.66. The number of rotatable bonds is 5. The maximum atomic E-state index is 11.1. The first kappa shape index (κ1) is 23.1. The number of hydrogen-bond donors (Lipinski definition) is 1. The van der Waals surface area contributed by atoms with Crippen molar-refractivity contribution >= 4 is 46.1 Å². The third kappa shape index (κ3) is 4.53. The summed E-state index contributed by atoms with van der Waals surface area (Å²) in [6, 6.07) is 27.2. The van der Waals surface area contributed by atoms with Gasteiger partial charge in [0, 0.05) is 37.4 Å². The molecule has 4 nitrogen and oxygen atoms in total. The maximum Gasteiger partial charge on any atom is 0.346 e. The average molecular weight is 497 g/mol. The van der Waals surface area contributed by atoms with Crippen LogP contribution < -0.4 is 4.90 Å². The van der Waals surface area contributed by atoms with Crippen molar-refractivity contribution in [2.45, 2.75) is 25.7 Å². The minimum Gasteiger partial charge on any atom is -0.477 e. The molecule has 0 atom stereocenters. The van der Waals surface area contributed by atoms with Crippen molar-refractivity contribution in [3.8, 4) is 26.3 Å². The minimum atomic E-state index is -1.21. The van der Waals surface area contributed by atoms with E-state index in [1.165, 1.54) is 44.8 Å². The Labute approximate surface area is 213 Å². The number of carboxylic acids is 1. The highest BCUT2D eigenvalue weighted by Gasteiger charge is 2.32. The predicted molar refractivity (Wildman–Crippen MR) is 145 cm³/mol. The van der Waals surface area contributed by atoms with Gasteiger partial charge in [-0.2, -0.15) is 5.26 Å². The normalized spacial score (nSPS) is 14.9. The molecule has 0 saturated carbocycles. The zero-order valence-corrected chi connectivity index (χ0v) is 21.1. The molecule has 0 saturated heterocycles. The van der Waals surface area contributed by atoms with Gasteiger partial charge in [0.2, 0.25) is 0 Å². The lowest BCUT2D eigenvalue weighted by molar-refractivity contribution is -0.132. The number of thiophene rings is 2. The molecular weight excluding hydrogens is 472 g/mol. The Kier molecular flexibility index (Phi) is 6.06. The zero-order valence-electron chi connectivity index (χ0n) is 19.5. The van der Waals surface area contributed by atoms with Gasteiger partial charge in [-0.25, -0.2) is 4.79 Å². The molecule has 0 aliphatic carbocycles. The molecule has 2 aromatic carbocycles. The van der Waals surface area contributed by atoms with Crippen LogP contribution >= 0.6 is 22.7 Å². The topological polar surface area (TPSA) is 64.3 Å². The maximum absolute atomic E-state index is 11.1. The summed E-state index contributed by atoms with van der Waals surface area (Å²) < 4.78 is 0. The van der Waals surface area contributed by atoms with Gasteiger partial charge in [0.1, 0.15) is 11.6 Å². The lowest BCUT2D eigenvalue weighted by Gasteiger charge is -2.40. The number of fused-ring (bicyclic) bond motifs is 1. The summed E-state index contributed by atoms with van der Waals surface area (Å²) in [5.74, 6) is -1.21. The van der Waals surface area contributed by atoms with Gasteiger partial charge in [-0.05, 0) is 77.6 Å². The number of carbonyl (C=O) groups is 1. The van der Waals surface area contributed by atoms with E-state index in [-0.39, 0.29) is 11.0 Å². The molecule has 1 aliphatic heterocycles. The number of carboxylic acid groups (broad SMARTS) is 1. The molecule has 0 amide bonds. The van der Waals surface area contributed by atoms with Crippen LogP contribution in [0.5, 0.6) is 0 Å². The van der Waals surface area contributed by atoms with Crippen LogP contribution in [0.2, 0.25) is 0 Å². The molecule has 2 aromatic heterocycles. The van der Waals surface area contributed by atoms with Crippen molar-refractivity contribution in [3.63, 3.8) is 0 Å². The Morgan fingerprint density at radius 2 is 1.71 bits per heavy atom. The van der Waals surface area contributed by atoms with Crippen molar-refractivity contribution in [1.29, 1.82) is 5.26 Å². The SMILES string of the molecule is CC1(C)CCN(c2ccccc2)c2ccc(-c3ccc(-c4ccc(/C=C(\C#N)C(=O)O)s4)s3)cc21. The van der Waals surface area contributed by atoms with Gasteiger partial charge < -0.3 is 10.0 Å². The fourth-order valence-corrected chi connectivity index (χ4v) is 6.51. The van der Waals surface area contributed by atoms with E-state index in [1.54, 1.807) is 17.4 Å². The summed E-state index contributed by atoms with van der Waals surface area (Å²) in [5, 5.41) is 18.1. The van der Waals surface area contributed by atoms with Crippen LogP contribution in [0.1, 0.15) is 30.7 Å². The lowest BCUT2D eigenvalue weighted by Crippen LogP contribution is -2.34. The summed E-state index contributed by atoms with van der Waals surface area (Å²) in [4.78, 5) is 17.7. The summed E-state index contributed by atoms with van der Waals surface area (Å²) >= 11 is 3.22. The first-order chi connectivity index (χ1) is 16.9. The quantitative estimate of drug-likeness (QED) is 0.225. The van der Waals surface area contributed by atoms with Crippen LogP contribution in [0.15, 0.2) is 78.4 Å². The van der Waals surface area contributed by atoms with E-state index >= 15 is 0 Å². The molecule has 4 aromatic rings. The third-order valence-electron chi connectivity index (χ3n) is 6.44. The van der Waals surface area contributed by atoms with Gasteiger partial charge in [0.15, 0.2) is 0 Å². The summed E-state index contributed by atoms with van der Waals surface area (Å²) in [6.45, 7) is 5.65. The third-order valence-corrected chi connectivity index (χ3v) is 8.80. The van der Waals surface area contributed by atoms with Crippen molar-refractivity contribution in [2.24, 2.45) is 0 Å². The molecule has 3 heterocycles. The number of hydrogen-bond acceptors (Lipinski definition) is 5. The van der Waals surface area contributed by atoms with Crippen LogP contribution in [-0.2, 0) is 10.2 Å². The predicted octanol–water partition coefficient (Wildman–Crippen LogP) is 7.95. The van der Waals surface area contributed by atoms with Gasteiger partial charge in [0.25, 0.3) is 0 Å². The van der Waals surface area contributed by atoms with E-state index in [2.05, 4.69) is 79.4 Å². The Bertz CT molecular complexity index is 1470. The van der Waals surface area contributed by atoms with Gasteiger partial charge in [0.05, 0.1) is 0 Å². The Morgan fingerprint density at radius 3 is 2.46 bits per heavy atom. The van der Waals surface area contributed by atoms with Crippen LogP contribution in [-0.4, -0.2) is 17.6 Å². The van der Waals surface area contributed by atoms with E-state index in [0.717, 1.165) is 27.6 Å². The van der Waals surface area contributed by atoms with Crippen molar-refractivity contribution in [3.05, 3.63) is 88.8 Å². The molecule has 1 aliphatic rings. The van der Waals surface area contributed by atoms with Crippen LogP contribution in [0, 0.1) is 11.3 Å². The number of aliphatic carboxylic acids is 1. The van der Waals surface area contributed by atoms with Gasteiger partial charge >= 0.3 is 5.97 Å². The number of benzene rings is 2. The molecule has 6 heteroatoms. The molecular formula is C29H24N2O2S2. The molecule has 0 unspecified atom stereocenters. The lowest BCUT2D eigenvalue weighted by atomic mass is 9.77. The van der Waals surface area contributed by atoms with Gasteiger partial charge in [-0.15, -0.1) is 22.7 Å². The van der Waals surface area contributed by atoms with Crippen molar-refractivity contribution < 1.29 is 9.90 Å². The average Bonchev–Trinajstić information content (AvgIpc) is 3.53. The monoisotopic (exact) mass is 496 g/mol. The largest absolute Gasteiger partial charge is 0.477 e. The van der Waals surface area contributed by atoms with E-state index in [4.69, 9.17) is 10.4 Å². The molecule has 174 valence electrons. The van der Waals surface area contributed by atoms with E-state index in [0.29, 0.717) is 0 Å². The highest BCUT2D eigenvalue weighted by atomic mass is 32.1. The van der Waals surface area contributed by atoms with E-state index in [9.17, 15) is 4.79 Å². The molecule has 0 bridgehead atoms. The van der Waals surface area contributed by atoms with Crippen LogP contribution in [0.3, 0.4) is 0 Å². The van der Waals surface area contributed by atoms with Gasteiger partial charge in [-0.3, -0.25) is 0 Å². The number of nitriles is 1. The van der Waals surface area contributed by atoms with E-state index < -0.39 is 5.97 Å². The fraction of sp³-hybridized carbons (Fsp3) is 0.172. The number of nitrogens with zero attached hydrogens (tertiary/aromatic N) is 2. The Balaban J connectivity index is 1.47. The Morgan fingerprint density at radius 1 is 1.00 bits per heavy atom. The number of para-hydroxylation sites is 1. The van der Waals surface area contributed by atoms with E-state index in [1.807, 2.05) is 12.1 Å². The molecule has 5 rings (SSSR count). The molecule has 0 spiro atoms. The molecule has 0 radical (unpaired) electrons. The molecule has 0 fully saturated rings. The second-order valence-corrected chi connectivity index (χ2v) is 11.4. The minimum absolute atomic E-state index is 0.0916. The highest BCUT2D eigenvalue weighted by Crippen LogP contribution is 2.45. The second kappa shape index (κ2) is 9.18. The standard InChI is InChI=1S/C29H24N2O2S2/c1-29(2)14-15-31(21-6-4-3-5-7-21)24-10-8-19(17-23(24)29)25-12-13-27(35-25)26-11-9-22(34-26)16-20(18-30)28(32)33/h3-13,16-17H,14-15H2,1-2H3,(H,32,33)/b20-16+.